The van der Waals surface area contributed by atoms with Gasteiger partial charge in [-0.15, -0.1) is 0 Å². The first-order valence-corrected chi connectivity index (χ1v) is 3.59. The quantitative estimate of drug-likeness (QED) is 0.691. The molecule has 0 bridgehead atoms. The maximum Gasteiger partial charge on any atom is 0.151 e. The lowest BCUT2D eigenvalue weighted by atomic mass is 10.1. The molecule has 2 atom stereocenters. The molecule has 0 spiro atoms. The van der Waals surface area contributed by atoms with Crippen LogP contribution in [0.3, 0.4) is 0 Å². The van der Waals surface area contributed by atoms with Gasteiger partial charge in [0, 0.05) is 0 Å². The lowest BCUT2D eigenvalue weighted by molar-refractivity contribution is 0.0933. The zero-order valence-corrected chi connectivity index (χ0v) is 6.37. The highest BCUT2D eigenvalue weighted by Gasteiger charge is 2.14. The third-order valence-electron chi connectivity index (χ3n) is 1.54. The summed E-state index contributed by atoms with van der Waals surface area (Å²) in [4.78, 5) is 0. The average Bonchev–Trinajstić information content (AvgIpc) is 2.05. The van der Waals surface area contributed by atoms with Crippen LogP contribution in [0.5, 0.6) is 0 Å². The number of halogens is 1. The van der Waals surface area contributed by atoms with Crippen molar-refractivity contribution in [1.29, 1.82) is 0 Å². The van der Waals surface area contributed by atoms with E-state index in [1.165, 1.54) is 6.92 Å². The van der Waals surface area contributed by atoms with E-state index in [0.717, 1.165) is 0 Å². The maximum absolute atomic E-state index is 13.0. The van der Waals surface area contributed by atoms with E-state index < -0.39 is 12.3 Å². The van der Waals surface area contributed by atoms with Crippen LogP contribution in [0.15, 0.2) is 30.3 Å². The van der Waals surface area contributed by atoms with Crippen molar-refractivity contribution in [2.75, 3.05) is 0 Å². The van der Waals surface area contributed by atoms with E-state index in [2.05, 4.69) is 0 Å². The van der Waals surface area contributed by atoms with Gasteiger partial charge in [-0.1, -0.05) is 30.3 Å². The van der Waals surface area contributed by atoms with Crippen LogP contribution in [0, 0.1) is 0 Å². The van der Waals surface area contributed by atoms with Crippen molar-refractivity contribution in [3.63, 3.8) is 0 Å². The Morgan fingerprint density at radius 2 is 1.82 bits per heavy atom. The molecule has 1 N–H and O–H groups in total. The Bertz CT molecular complexity index is 208. The molecule has 1 aromatic carbocycles. The standard InChI is InChI=1S/C9H11FO/c1-7(11)9(10)8-5-3-2-4-6-8/h2-7,9,11H,1H3/t7-,9+/m1/s1. The molecule has 0 radical (unpaired) electrons. The Kier molecular flexibility index (Phi) is 2.60. The fourth-order valence-corrected chi connectivity index (χ4v) is 0.915. The largest absolute Gasteiger partial charge is 0.390 e. The maximum atomic E-state index is 13.0. The molecule has 1 rings (SSSR count). The van der Waals surface area contributed by atoms with Gasteiger partial charge in [0.1, 0.15) is 0 Å². The predicted molar refractivity (Wildman–Crippen MR) is 42.0 cm³/mol. The summed E-state index contributed by atoms with van der Waals surface area (Å²) in [6, 6.07) is 8.65. The van der Waals surface area contributed by atoms with Crippen molar-refractivity contribution >= 4 is 0 Å². The molecule has 0 aliphatic heterocycles. The molecule has 0 heterocycles. The van der Waals surface area contributed by atoms with E-state index in [1.54, 1.807) is 24.3 Å². The van der Waals surface area contributed by atoms with Crippen LogP contribution in [0.2, 0.25) is 0 Å². The second-order valence-corrected chi connectivity index (χ2v) is 2.55. The van der Waals surface area contributed by atoms with Gasteiger partial charge in [-0.05, 0) is 12.5 Å². The van der Waals surface area contributed by atoms with E-state index in [4.69, 9.17) is 5.11 Å². The first kappa shape index (κ1) is 8.21. The molecule has 60 valence electrons. The summed E-state index contributed by atoms with van der Waals surface area (Å²) in [5, 5.41) is 8.90. The van der Waals surface area contributed by atoms with Gasteiger partial charge in [-0.2, -0.15) is 0 Å². The number of aliphatic hydroxyl groups excluding tert-OH is 1. The van der Waals surface area contributed by atoms with Gasteiger partial charge in [0.2, 0.25) is 0 Å². The Hall–Kier alpha value is -0.890. The fraction of sp³-hybridized carbons (Fsp3) is 0.333. The van der Waals surface area contributed by atoms with Crippen LogP contribution < -0.4 is 0 Å². The van der Waals surface area contributed by atoms with E-state index >= 15 is 0 Å². The van der Waals surface area contributed by atoms with Gasteiger partial charge in [0.25, 0.3) is 0 Å². The van der Waals surface area contributed by atoms with Gasteiger partial charge in [-0.3, -0.25) is 0 Å². The van der Waals surface area contributed by atoms with Crippen molar-refractivity contribution in [3.8, 4) is 0 Å². The molecule has 0 fully saturated rings. The molecule has 0 unspecified atom stereocenters. The third-order valence-corrected chi connectivity index (χ3v) is 1.54. The average molecular weight is 154 g/mol. The number of hydrogen-bond acceptors (Lipinski definition) is 1. The summed E-state index contributed by atoms with van der Waals surface area (Å²) < 4.78 is 13.0. The lowest BCUT2D eigenvalue weighted by Gasteiger charge is -2.10. The minimum Gasteiger partial charge on any atom is -0.390 e. The molecule has 0 aliphatic carbocycles. The topological polar surface area (TPSA) is 20.2 Å². The summed E-state index contributed by atoms with van der Waals surface area (Å²) in [7, 11) is 0. The van der Waals surface area contributed by atoms with Gasteiger partial charge >= 0.3 is 0 Å². The highest BCUT2D eigenvalue weighted by Crippen LogP contribution is 2.20. The first-order valence-electron chi connectivity index (χ1n) is 3.59. The van der Waals surface area contributed by atoms with Crippen LogP contribution in [-0.2, 0) is 0 Å². The van der Waals surface area contributed by atoms with Crippen molar-refractivity contribution in [3.05, 3.63) is 35.9 Å². The summed E-state index contributed by atoms with van der Waals surface area (Å²) >= 11 is 0. The van der Waals surface area contributed by atoms with Crippen LogP contribution in [0.25, 0.3) is 0 Å². The zero-order chi connectivity index (χ0) is 8.27. The van der Waals surface area contributed by atoms with Crippen molar-refractivity contribution < 1.29 is 9.50 Å². The smallest absolute Gasteiger partial charge is 0.151 e. The molecular formula is C9H11FO. The minimum atomic E-state index is -1.27. The fourth-order valence-electron chi connectivity index (χ4n) is 0.915. The second-order valence-electron chi connectivity index (χ2n) is 2.55. The number of benzene rings is 1. The Morgan fingerprint density at radius 3 is 2.27 bits per heavy atom. The summed E-state index contributed by atoms with van der Waals surface area (Å²) in [6.07, 6.45) is -2.20. The number of alkyl halides is 1. The normalized spacial score (nSPS) is 15.9. The molecule has 0 saturated heterocycles. The molecule has 0 saturated carbocycles. The summed E-state index contributed by atoms with van der Waals surface area (Å²) in [6.45, 7) is 1.44. The molecule has 1 aromatic rings. The van der Waals surface area contributed by atoms with Crippen LogP contribution in [0.1, 0.15) is 18.7 Å². The molecule has 11 heavy (non-hydrogen) atoms. The Morgan fingerprint density at radius 1 is 1.27 bits per heavy atom. The van der Waals surface area contributed by atoms with E-state index in [9.17, 15) is 4.39 Å². The van der Waals surface area contributed by atoms with Crippen molar-refractivity contribution in [2.24, 2.45) is 0 Å². The molecule has 0 amide bonds. The van der Waals surface area contributed by atoms with Gasteiger partial charge in [0.05, 0.1) is 6.10 Å². The van der Waals surface area contributed by atoms with Crippen LogP contribution >= 0.6 is 0 Å². The molecule has 2 heteroatoms. The first-order chi connectivity index (χ1) is 5.22. The monoisotopic (exact) mass is 154 g/mol. The van der Waals surface area contributed by atoms with Gasteiger partial charge < -0.3 is 5.11 Å². The van der Waals surface area contributed by atoms with Gasteiger partial charge in [0.15, 0.2) is 6.17 Å². The SMILES string of the molecule is C[C@@H](O)[C@H](F)c1ccccc1. The minimum absolute atomic E-state index is 0.530. The number of rotatable bonds is 2. The zero-order valence-electron chi connectivity index (χ0n) is 6.37. The Labute approximate surface area is 65.5 Å². The molecule has 0 aliphatic rings. The van der Waals surface area contributed by atoms with Crippen molar-refractivity contribution in [2.45, 2.75) is 19.2 Å². The second kappa shape index (κ2) is 3.49. The third kappa shape index (κ3) is 2.02. The van der Waals surface area contributed by atoms with Gasteiger partial charge in [-0.25, -0.2) is 4.39 Å². The summed E-state index contributed by atoms with van der Waals surface area (Å²) in [5.41, 5.74) is 0.530. The van der Waals surface area contributed by atoms with E-state index in [0.29, 0.717) is 5.56 Å². The van der Waals surface area contributed by atoms with E-state index in [-0.39, 0.29) is 0 Å². The highest BCUT2D eigenvalue weighted by molar-refractivity contribution is 5.18. The van der Waals surface area contributed by atoms with E-state index in [1.807, 2.05) is 6.07 Å². The number of aliphatic hydroxyl groups is 1. The lowest BCUT2D eigenvalue weighted by Crippen LogP contribution is -2.09. The molecule has 0 aromatic heterocycles. The highest BCUT2D eigenvalue weighted by atomic mass is 19.1. The molecule has 1 nitrogen and oxygen atoms in total. The number of hydrogen-bond donors (Lipinski definition) is 1. The van der Waals surface area contributed by atoms with Crippen LogP contribution in [-0.4, -0.2) is 11.2 Å². The predicted octanol–water partition coefficient (Wildman–Crippen LogP) is 2.08. The molecular weight excluding hydrogens is 143 g/mol. The van der Waals surface area contributed by atoms with Crippen LogP contribution in [0.4, 0.5) is 4.39 Å². The Balaban J connectivity index is 2.77. The van der Waals surface area contributed by atoms with Crippen molar-refractivity contribution in [1.82, 2.24) is 0 Å². The summed E-state index contributed by atoms with van der Waals surface area (Å²) in [5.74, 6) is 0.